The van der Waals surface area contributed by atoms with Crippen molar-refractivity contribution in [3.05, 3.63) is 74.6 Å². The number of rotatable bonds is 9. The number of aromatic amines is 1. The van der Waals surface area contributed by atoms with Crippen molar-refractivity contribution in [3.63, 3.8) is 0 Å². The van der Waals surface area contributed by atoms with E-state index in [1.165, 1.54) is 18.5 Å². The van der Waals surface area contributed by atoms with Crippen LogP contribution in [-0.4, -0.2) is 58.4 Å². The SMILES string of the molecule is CCNC(=O)Nc1cc(-c2nc(C(F)(F)F)cs2)c(C(O)C(c2ccc3[nH]cc(C(=O)OCC)c(=O)c3c2)C2CCOCC2)cn1. The van der Waals surface area contributed by atoms with E-state index in [1.807, 2.05) is 0 Å². The second-order valence-electron chi connectivity index (χ2n) is 10.7. The normalized spacial score (nSPS) is 15.3. The number of hydrogen-bond donors (Lipinski definition) is 4. The van der Waals surface area contributed by atoms with E-state index in [-0.39, 0.29) is 45.4 Å². The van der Waals surface area contributed by atoms with Crippen molar-refractivity contribution in [1.82, 2.24) is 20.3 Å². The summed E-state index contributed by atoms with van der Waals surface area (Å²) in [6.45, 7) is 4.63. The molecule has 3 aromatic heterocycles. The molecule has 1 saturated heterocycles. The Hall–Kier alpha value is -4.34. The molecule has 1 fully saturated rings. The Bertz CT molecular complexity index is 1790. The number of carbonyl (C=O) groups is 2. The van der Waals surface area contributed by atoms with Crippen LogP contribution < -0.4 is 16.1 Å². The van der Waals surface area contributed by atoms with E-state index in [2.05, 4.69) is 25.6 Å². The summed E-state index contributed by atoms with van der Waals surface area (Å²) in [5.41, 5.74) is -0.405. The van der Waals surface area contributed by atoms with Gasteiger partial charge in [0.05, 0.1) is 12.7 Å². The van der Waals surface area contributed by atoms with Crippen LogP contribution in [0.1, 0.15) is 65.9 Å². The molecule has 1 aliphatic rings. The van der Waals surface area contributed by atoms with Gasteiger partial charge in [-0.15, -0.1) is 11.3 Å². The number of alkyl halides is 3. The first-order valence-electron chi connectivity index (χ1n) is 14.7. The number of nitrogens with zero attached hydrogens (tertiary/aromatic N) is 2. The Morgan fingerprint density at radius 1 is 1.22 bits per heavy atom. The zero-order valence-corrected chi connectivity index (χ0v) is 25.8. The maximum Gasteiger partial charge on any atom is 0.434 e. The van der Waals surface area contributed by atoms with E-state index >= 15 is 0 Å². The average Bonchev–Trinajstić information content (AvgIpc) is 3.54. The summed E-state index contributed by atoms with van der Waals surface area (Å²) in [6.07, 6.45) is -2.28. The van der Waals surface area contributed by atoms with Gasteiger partial charge in [-0.2, -0.15) is 13.2 Å². The second-order valence-corrected chi connectivity index (χ2v) is 11.5. The smallest absolute Gasteiger partial charge is 0.434 e. The lowest BCUT2D eigenvalue weighted by Crippen LogP contribution is -2.29. The number of aromatic nitrogens is 3. The Morgan fingerprint density at radius 3 is 2.65 bits per heavy atom. The summed E-state index contributed by atoms with van der Waals surface area (Å²) in [5, 5.41) is 18.3. The van der Waals surface area contributed by atoms with Gasteiger partial charge in [-0.3, -0.25) is 10.1 Å². The molecule has 0 aliphatic carbocycles. The Balaban J connectivity index is 1.64. The number of anilines is 1. The summed E-state index contributed by atoms with van der Waals surface area (Å²) in [6, 6.07) is 5.87. The van der Waals surface area contributed by atoms with Crippen LogP contribution in [0.25, 0.3) is 21.5 Å². The first kappa shape index (κ1) is 33.0. The number of nitrogens with one attached hydrogen (secondary N) is 3. The number of thiazole rings is 1. The molecule has 244 valence electrons. The highest BCUT2D eigenvalue weighted by molar-refractivity contribution is 7.13. The van der Waals surface area contributed by atoms with Gasteiger partial charge in [0.15, 0.2) is 5.69 Å². The molecule has 2 amide bonds. The quantitative estimate of drug-likeness (QED) is 0.169. The van der Waals surface area contributed by atoms with Crippen molar-refractivity contribution in [2.45, 2.75) is 44.9 Å². The number of aliphatic hydroxyl groups excluding tert-OH is 1. The Labute approximate surface area is 265 Å². The highest BCUT2D eigenvalue weighted by Gasteiger charge is 2.37. The van der Waals surface area contributed by atoms with Gasteiger partial charge in [0.1, 0.15) is 16.4 Å². The summed E-state index contributed by atoms with van der Waals surface area (Å²) in [7, 11) is 0. The number of fused-ring (bicyclic) bond motifs is 1. The molecule has 0 radical (unpaired) electrons. The third-order valence-corrected chi connectivity index (χ3v) is 8.63. The number of aliphatic hydroxyl groups is 1. The van der Waals surface area contributed by atoms with E-state index in [0.29, 0.717) is 43.7 Å². The number of hydrogen-bond acceptors (Lipinski definition) is 9. The van der Waals surface area contributed by atoms with Gasteiger partial charge in [0.25, 0.3) is 0 Å². The molecule has 5 rings (SSSR count). The molecule has 4 aromatic rings. The zero-order valence-electron chi connectivity index (χ0n) is 24.9. The highest BCUT2D eigenvalue weighted by Crippen LogP contribution is 2.45. The van der Waals surface area contributed by atoms with Crippen molar-refractivity contribution in [2.24, 2.45) is 5.92 Å². The minimum absolute atomic E-state index is 0.0255. The van der Waals surface area contributed by atoms with Crippen LogP contribution in [0.4, 0.5) is 23.8 Å². The molecule has 0 bridgehead atoms. The molecular weight excluding hydrogens is 627 g/mol. The fourth-order valence-electron chi connectivity index (χ4n) is 5.59. The van der Waals surface area contributed by atoms with E-state index in [4.69, 9.17) is 9.47 Å². The third kappa shape index (κ3) is 7.06. The van der Waals surface area contributed by atoms with Crippen molar-refractivity contribution < 1.29 is 37.3 Å². The van der Waals surface area contributed by atoms with Crippen LogP contribution in [0.2, 0.25) is 0 Å². The van der Waals surface area contributed by atoms with Crippen LogP contribution in [0.5, 0.6) is 0 Å². The number of esters is 1. The van der Waals surface area contributed by atoms with Crippen LogP contribution in [-0.2, 0) is 15.7 Å². The molecule has 46 heavy (non-hydrogen) atoms. The van der Waals surface area contributed by atoms with Crippen LogP contribution in [0.3, 0.4) is 0 Å². The predicted molar refractivity (Wildman–Crippen MR) is 165 cm³/mol. The molecule has 2 unspecified atom stereocenters. The Kier molecular flexibility index (Phi) is 10.0. The third-order valence-electron chi connectivity index (χ3n) is 7.76. The standard InChI is InChI=1S/C31H32F3N5O6S/c1-3-35-30(43)39-24-12-18(28-38-23(15-46-28)31(32,33)34)20(13-37-24)27(41)25(16-7-9-44-10-8-16)17-5-6-22-19(11-17)26(40)21(14-36-22)29(42)45-4-2/h5-6,11-16,25,27,41H,3-4,7-10H2,1-2H3,(H,36,40)(H2,35,37,39,43). The number of amides is 2. The van der Waals surface area contributed by atoms with Crippen molar-refractivity contribution >= 4 is 40.1 Å². The first-order valence-corrected chi connectivity index (χ1v) is 15.6. The predicted octanol–water partition coefficient (Wildman–Crippen LogP) is 5.63. The van der Waals surface area contributed by atoms with Gasteiger partial charge in [0, 0.05) is 65.5 Å². The molecule has 11 nitrogen and oxygen atoms in total. The fraction of sp³-hybridized carbons (Fsp3) is 0.387. The topological polar surface area (TPSA) is 156 Å². The lowest BCUT2D eigenvalue weighted by Gasteiger charge is -2.34. The van der Waals surface area contributed by atoms with E-state index in [0.717, 1.165) is 16.7 Å². The van der Waals surface area contributed by atoms with Crippen LogP contribution >= 0.6 is 11.3 Å². The lowest BCUT2D eigenvalue weighted by atomic mass is 9.75. The summed E-state index contributed by atoms with van der Waals surface area (Å²) in [5.74, 6) is -1.54. The molecule has 15 heteroatoms. The number of urea groups is 1. The average molecular weight is 660 g/mol. The van der Waals surface area contributed by atoms with E-state index in [9.17, 15) is 32.7 Å². The van der Waals surface area contributed by atoms with E-state index in [1.54, 1.807) is 32.0 Å². The van der Waals surface area contributed by atoms with Gasteiger partial charge in [-0.25, -0.2) is 19.6 Å². The molecule has 1 aromatic carbocycles. The van der Waals surface area contributed by atoms with Gasteiger partial charge >= 0.3 is 18.2 Å². The minimum Gasteiger partial charge on any atom is -0.462 e. The largest absolute Gasteiger partial charge is 0.462 e. The molecule has 4 heterocycles. The van der Waals surface area contributed by atoms with Gasteiger partial charge in [0.2, 0.25) is 5.43 Å². The number of halogens is 3. The lowest BCUT2D eigenvalue weighted by molar-refractivity contribution is -0.140. The molecule has 0 saturated carbocycles. The van der Waals surface area contributed by atoms with Gasteiger partial charge < -0.3 is 24.9 Å². The monoisotopic (exact) mass is 659 g/mol. The summed E-state index contributed by atoms with van der Waals surface area (Å²) in [4.78, 5) is 49.1. The van der Waals surface area contributed by atoms with Crippen molar-refractivity contribution in [3.8, 4) is 10.6 Å². The molecule has 0 spiro atoms. The summed E-state index contributed by atoms with van der Waals surface area (Å²) >= 11 is 0.747. The number of carbonyl (C=O) groups excluding carboxylic acids is 2. The van der Waals surface area contributed by atoms with Crippen LogP contribution in [0, 0.1) is 5.92 Å². The molecule has 2 atom stereocenters. The minimum atomic E-state index is -4.69. The van der Waals surface area contributed by atoms with Crippen molar-refractivity contribution in [1.29, 1.82) is 0 Å². The maximum atomic E-state index is 13.5. The molecule has 4 N–H and O–H groups in total. The summed E-state index contributed by atoms with van der Waals surface area (Å²) < 4.78 is 51.2. The number of pyridine rings is 2. The van der Waals surface area contributed by atoms with Gasteiger partial charge in [-0.05, 0) is 56.4 Å². The van der Waals surface area contributed by atoms with Crippen molar-refractivity contribution in [2.75, 3.05) is 31.7 Å². The first-order chi connectivity index (χ1) is 22.0. The zero-order chi connectivity index (χ0) is 33.0. The van der Waals surface area contributed by atoms with E-state index < -0.39 is 41.3 Å². The Morgan fingerprint density at radius 2 is 1.98 bits per heavy atom. The molecular formula is C31H32F3N5O6S. The number of ether oxygens (including phenoxy) is 2. The number of H-pyrrole nitrogens is 1. The second kappa shape index (κ2) is 14.0. The molecule has 1 aliphatic heterocycles. The van der Waals surface area contributed by atoms with Crippen LogP contribution in [0.15, 0.2) is 46.8 Å². The van der Waals surface area contributed by atoms with Gasteiger partial charge in [-0.1, -0.05) is 6.07 Å². The highest BCUT2D eigenvalue weighted by atomic mass is 32.1. The number of benzene rings is 1. The maximum absolute atomic E-state index is 13.5. The fourth-order valence-corrected chi connectivity index (χ4v) is 6.45.